The molecule has 0 aliphatic carbocycles. The molecule has 0 fully saturated rings. The van der Waals surface area contributed by atoms with Crippen molar-refractivity contribution in [2.24, 2.45) is 0 Å². The summed E-state index contributed by atoms with van der Waals surface area (Å²) in [5.74, 6) is 0.884. The third-order valence-corrected chi connectivity index (χ3v) is 3.26. The van der Waals surface area contributed by atoms with Crippen molar-refractivity contribution in [3.8, 4) is 5.75 Å². The lowest BCUT2D eigenvalue weighted by atomic mass is 10.1. The molecule has 0 aromatic heterocycles. The van der Waals surface area contributed by atoms with E-state index in [0.717, 1.165) is 29.2 Å². The highest BCUT2D eigenvalue weighted by Gasteiger charge is 2.04. The van der Waals surface area contributed by atoms with Crippen LogP contribution in [0.5, 0.6) is 5.75 Å². The normalized spacial score (nSPS) is 10.3. The average Bonchev–Trinajstić information content (AvgIpc) is 2.42. The third kappa shape index (κ3) is 3.19. The van der Waals surface area contributed by atoms with Crippen LogP contribution in [-0.2, 0) is 6.54 Å². The van der Waals surface area contributed by atoms with Crippen molar-refractivity contribution < 1.29 is 4.74 Å². The second-order valence-electron chi connectivity index (χ2n) is 4.75. The van der Waals surface area contributed by atoms with Crippen molar-refractivity contribution >= 4 is 11.4 Å². The van der Waals surface area contributed by atoms with E-state index in [4.69, 9.17) is 10.5 Å². The van der Waals surface area contributed by atoms with Gasteiger partial charge in [-0.3, -0.25) is 0 Å². The number of hydrogen-bond acceptors (Lipinski definition) is 3. The maximum atomic E-state index is 5.95. The minimum absolute atomic E-state index is 0.819. The van der Waals surface area contributed by atoms with Crippen molar-refractivity contribution in [1.82, 2.24) is 0 Å². The Balaban J connectivity index is 2.15. The topological polar surface area (TPSA) is 38.5 Å². The van der Waals surface area contributed by atoms with Crippen LogP contribution < -0.4 is 15.4 Å². The number of anilines is 2. The van der Waals surface area contributed by atoms with Crippen LogP contribution in [0.4, 0.5) is 11.4 Å². The fraction of sp³-hybridized carbons (Fsp3) is 0.250. The highest BCUT2D eigenvalue weighted by atomic mass is 16.5. The summed E-state index contributed by atoms with van der Waals surface area (Å²) in [7, 11) is 3.74. The molecule has 19 heavy (non-hydrogen) atoms. The van der Waals surface area contributed by atoms with E-state index in [0.29, 0.717) is 0 Å². The van der Waals surface area contributed by atoms with Gasteiger partial charge in [-0.05, 0) is 42.3 Å². The summed E-state index contributed by atoms with van der Waals surface area (Å²) in [6.45, 7) is 2.83. The maximum absolute atomic E-state index is 5.95. The molecule has 100 valence electrons. The monoisotopic (exact) mass is 256 g/mol. The van der Waals surface area contributed by atoms with Crippen molar-refractivity contribution in [1.29, 1.82) is 0 Å². The molecule has 0 unspecified atom stereocenters. The molecule has 2 rings (SSSR count). The van der Waals surface area contributed by atoms with Gasteiger partial charge in [0.2, 0.25) is 0 Å². The summed E-state index contributed by atoms with van der Waals surface area (Å²) in [6.07, 6.45) is 0. The molecule has 0 aliphatic rings. The van der Waals surface area contributed by atoms with Crippen molar-refractivity contribution in [3.05, 3.63) is 53.6 Å². The predicted molar refractivity (Wildman–Crippen MR) is 80.7 cm³/mol. The number of aryl methyl sites for hydroxylation is 1. The molecule has 2 aromatic rings. The fourth-order valence-corrected chi connectivity index (χ4v) is 2.00. The molecule has 0 atom stereocenters. The van der Waals surface area contributed by atoms with Gasteiger partial charge in [0.1, 0.15) is 5.75 Å². The maximum Gasteiger partial charge on any atom is 0.119 e. The van der Waals surface area contributed by atoms with E-state index >= 15 is 0 Å². The van der Waals surface area contributed by atoms with E-state index in [2.05, 4.69) is 24.1 Å². The predicted octanol–water partition coefficient (Wildman–Crippen LogP) is 3.22. The molecule has 0 bridgehead atoms. The van der Waals surface area contributed by atoms with Crippen LogP contribution >= 0.6 is 0 Å². The first-order chi connectivity index (χ1) is 9.10. The second kappa shape index (κ2) is 5.65. The van der Waals surface area contributed by atoms with Gasteiger partial charge in [0.05, 0.1) is 7.11 Å². The largest absolute Gasteiger partial charge is 0.497 e. The summed E-state index contributed by atoms with van der Waals surface area (Å²) in [4.78, 5) is 2.17. The first kappa shape index (κ1) is 13.3. The Morgan fingerprint density at radius 3 is 2.63 bits per heavy atom. The number of methoxy groups -OCH3 is 1. The lowest BCUT2D eigenvalue weighted by Crippen LogP contribution is -2.16. The van der Waals surface area contributed by atoms with Gasteiger partial charge >= 0.3 is 0 Å². The molecule has 2 aromatic carbocycles. The molecule has 0 saturated carbocycles. The first-order valence-electron chi connectivity index (χ1n) is 6.30. The molecule has 0 saturated heterocycles. The van der Waals surface area contributed by atoms with Crippen LogP contribution in [-0.4, -0.2) is 14.2 Å². The number of ether oxygens (including phenoxy) is 1. The number of nitrogens with zero attached hydrogens (tertiary/aromatic N) is 1. The molecule has 0 heterocycles. The lowest BCUT2D eigenvalue weighted by molar-refractivity contribution is 0.414. The number of rotatable bonds is 4. The van der Waals surface area contributed by atoms with Crippen LogP contribution in [0.25, 0.3) is 0 Å². The molecule has 0 amide bonds. The van der Waals surface area contributed by atoms with Crippen LogP contribution in [0.15, 0.2) is 42.5 Å². The van der Waals surface area contributed by atoms with Gasteiger partial charge in [0, 0.05) is 25.0 Å². The van der Waals surface area contributed by atoms with Crippen LogP contribution in [0.2, 0.25) is 0 Å². The molecular weight excluding hydrogens is 236 g/mol. The molecule has 0 radical (unpaired) electrons. The van der Waals surface area contributed by atoms with Gasteiger partial charge in [-0.1, -0.05) is 18.2 Å². The molecule has 0 aliphatic heterocycles. The van der Waals surface area contributed by atoms with Gasteiger partial charge in [0.15, 0.2) is 0 Å². The molecular formula is C16H20N2O. The Bertz CT molecular complexity index is 566. The SMILES string of the molecule is COc1cccc(CN(C)c2ccc(C)c(N)c2)c1. The van der Waals surface area contributed by atoms with Gasteiger partial charge in [-0.25, -0.2) is 0 Å². The first-order valence-corrected chi connectivity index (χ1v) is 6.30. The zero-order valence-corrected chi connectivity index (χ0v) is 11.7. The van der Waals surface area contributed by atoms with Crippen molar-refractivity contribution in [3.63, 3.8) is 0 Å². The van der Waals surface area contributed by atoms with E-state index in [9.17, 15) is 0 Å². The Hall–Kier alpha value is -2.16. The molecule has 3 heteroatoms. The highest BCUT2D eigenvalue weighted by Crippen LogP contribution is 2.22. The Kier molecular flexibility index (Phi) is 3.95. The van der Waals surface area contributed by atoms with Gasteiger partial charge in [-0.15, -0.1) is 0 Å². The number of hydrogen-bond donors (Lipinski definition) is 1. The van der Waals surface area contributed by atoms with Crippen LogP contribution in [0.3, 0.4) is 0 Å². The van der Waals surface area contributed by atoms with E-state index in [1.54, 1.807) is 7.11 Å². The summed E-state index contributed by atoms with van der Waals surface area (Å²) < 4.78 is 5.24. The van der Waals surface area contributed by atoms with E-state index in [1.165, 1.54) is 5.56 Å². The molecule has 2 N–H and O–H groups in total. The summed E-state index contributed by atoms with van der Waals surface area (Å²) >= 11 is 0. The standard InChI is InChI=1S/C16H20N2O/c1-12-7-8-14(10-16(12)17)18(2)11-13-5-4-6-15(9-13)19-3/h4-10H,11,17H2,1-3H3. The average molecular weight is 256 g/mol. The smallest absolute Gasteiger partial charge is 0.119 e. The Labute approximate surface area is 114 Å². The summed E-state index contributed by atoms with van der Waals surface area (Å²) in [5, 5.41) is 0. The van der Waals surface area contributed by atoms with E-state index < -0.39 is 0 Å². The highest BCUT2D eigenvalue weighted by molar-refractivity contribution is 5.59. The number of nitrogen functional groups attached to an aromatic ring is 1. The minimum atomic E-state index is 0.819. The number of benzene rings is 2. The quantitative estimate of drug-likeness (QED) is 0.854. The molecule has 3 nitrogen and oxygen atoms in total. The van der Waals surface area contributed by atoms with Gasteiger partial charge < -0.3 is 15.4 Å². The third-order valence-electron chi connectivity index (χ3n) is 3.26. The van der Waals surface area contributed by atoms with Crippen molar-refractivity contribution in [2.45, 2.75) is 13.5 Å². The zero-order chi connectivity index (χ0) is 13.8. The van der Waals surface area contributed by atoms with Gasteiger partial charge in [0.25, 0.3) is 0 Å². The zero-order valence-electron chi connectivity index (χ0n) is 11.7. The van der Waals surface area contributed by atoms with E-state index in [1.807, 2.05) is 37.3 Å². The Morgan fingerprint density at radius 2 is 1.95 bits per heavy atom. The fourth-order valence-electron chi connectivity index (χ4n) is 2.00. The Morgan fingerprint density at radius 1 is 1.16 bits per heavy atom. The minimum Gasteiger partial charge on any atom is -0.497 e. The second-order valence-corrected chi connectivity index (χ2v) is 4.75. The summed E-state index contributed by atoms with van der Waals surface area (Å²) in [6, 6.07) is 14.2. The van der Waals surface area contributed by atoms with Gasteiger partial charge in [-0.2, -0.15) is 0 Å². The molecule has 0 spiro atoms. The van der Waals surface area contributed by atoms with E-state index in [-0.39, 0.29) is 0 Å². The van der Waals surface area contributed by atoms with Crippen molar-refractivity contribution in [2.75, 3.05) is 24.8 Å². The van der Waals surface area contributed by atoms with Crippen LogP contribution in [0.1, 0.15) is 11.1 Å². The number of nitrogens with two attached hydrogens (primary N) is 1. The summed E-state index contributed by atoms with van der Waals surface area (Å²) in [5.41, 5.74) is 10.2. The lowest BCUT2D eigenvalue weighted by Gasteiger charge is -2.20. The van der Waals surface area contributed by atoms with Crippen LogP contribution in [0, 0.1) is 6.92 Å².